The number of anilines is 1. The number of rotatable bonds is 4. The molecule has 0 N–H and O–H groups in total. The normalized spacial score (nSPS) is 20.9. The van der Waals surface area contributed by atoms with Gasteiger partial charge < -0.3 is 4.90 Å². The number of hydrogen-bond donors (Lipinski definition) is 0. The van der Waals surface area contributed by atoms with Crippen molar-refractivity contribution in [3.8, 4) is 0 Å². The lowest BCUT2D eigenvalue weighted by Crippen LogP contribution is -2.34. The Morgan fingerprint density at radius 1 is 0.964 bits per heavy atom. The number of nitrogens with zero attached hydrogens (tertiary/aromatic N) is 5. The standard InChI is InChI=1S/C22H26FN5/c23-19-7-5-17(6-8-19)14-26-11-3-4-18(15-26)22-24-21-10-9-20(16-28(21)25-22)27-12-1-2-13-27/h5-10,16,18H,1-4,11-15H2/t18-/m0/s1. The maximum Gasteiger partial charge on any atom is 0.156 e. The second kappa shape index (κ2) is 7.51. The molecule has 0 amide bonds. The van der Waals surface area contributed by atoms with Crippen LogP contribution in [0, 0.1) is 5.82 Å². The van der Waals surface area contributed by atoms with Gasteiger partial charge in [0.05, 0.1) is 11.9 Å². The summed E-state index contributed by atoms with van der Waals surface area (Å²) in [5, 5.41) is 4.82. The van der Waals surface area contributed by atoms with E-state index >= 15 is 0 Å². The molecule has 0 bridgehead atoms. The van der Waals surface area contributed by atoms with Crippen molar-refractivity contribution in [3.63, 3.8) is 0 Å². The highest BCUT2D eigenvalue weighted by Gasteiger charge is 2.25. The first-order chi connectivity index (χ1) is 13.7. The van der Waals surface area contributed by atoms with Gasteiger partial charge in [0.15, 0.2) is 11.5 Å². The third-order valence-corrected chi connectivity index (χ3v) is 5.99. The van der Waals surface area contributed by atoms with Crippen LogP contribution in [-0.2, 0) is 6.54 Å². The van der Waals surface area contributed by atoms with Gasteiger partial charge in [0.2, 0.25) is 0 Å². The van der Waals surface area contributed by atoms with Crippen LogP contribution >= 0.6 is 0 Å². The fraction of sp³-hybridized carbons (Fsp3) is 0.455. The molecule has 5 rings (SSSR count). The Morgan fingerprint density at radius 3 is 2.61 bits per heavy atom. The second-order valence-electron chi connectivity index (χ2n) is 8.05. The fourth-order valence-corrected chi connectivity index (χ4v) is 4.48. The van der Waals surface area contributed by atoms with Crippen molar-refractivity contribution in [3.05, 3.63) is 59.8 Å². The van der Waals surface area contributed by atoms with Crippen molar-refractivity contribution < 1.29 is 4.39 Å². The predicted octanol–water partition coefficient (Wildman–Crippen LogP) is 3.85. The number of pyridine rings is 1. The van der Waals surface area contributed by atoms with E-state index in [0.717, 1.165) is 62.6 Å². The zero-order valence-corrected chi connectivity index (χ0v) is 16.1. The van der Waals surface area contributed by atoms with Gasteiger partial charge in [0.1, 0.15) is 5.82 Å². The van der Waals surface area contributed by atoms with Crippen molar-refractivity contribution >= 4 is 11.3 Å². The van der Waals surface area contributed by atoms with E-state index in [9.17, 15) is 4.39 Å². The third-order valence-electron chi connectivity index (χ3n) is 5.99. The summed E-state index contributed by atoms with van der Waals surface area (Å²) in [6.45, 7) is 5.14. The van der Waals surface area contributed by atoms with Gasteiger partial charge in [-0.1, -0.05) is 12.1 Å². The Morgan fingerprint density at radius 2 is 1.79 bits per heavy atom. The lowest BCUT2D eigenvalue weighted by Gasteiger charge is -2.31. The number of likely N-dealkylation sites (tertiary alicyclic amines) is 1. The summed E-state index contributed by atoms with van der Waals surface area (Å²) >= 11 is 0. The van der Waals surface area contributed by atoms with Crippen LogP contribution < -0.4 is 4.90 Å². The van der Waals surface area contributed by atoms with E-state index < -0.39 is 0 Å². The van der Waals surface area contributed by atoms with Crippen LogP contribution in [0.15, 0.2) is 42.6 Å². The molecule has 0 saturated carbocycles. The van der Waals surface area contributed by atoms with Crippen molar-refractivity contribution in [1.82, 2.24) is 19.5 Å². The monoisotopic (exact) mass is 379 g/mol. The van der Waals surface area contributed by atoms with Crippen LogP contribution in [0.2, 0.25) is 0 Å². The Labute approximate surface area is 164 Å². The average Bonchev–Trinajstić information content (AvgIpc) is 3.39. The number of piperidine rings is 1. The number of halogens is 1. The molecule has 3 aromatic rings. The molecule has 4 heterocycles. The summed E-state index contributed by atoms with van der Waals surface area (Å²) in [7, 11) is 0. The largest absolute Gasteiger partial charge is 0.370 e. The molecule has 0 radical (unpaired) electrons. The van der Waals surface area contributed by atoms with E-state index in [1.54, 1.807) is 12.1 Å². The van der Waals surface area contributed by atoms with Gasteiger partial charge in [0.25, 0.3) is 0 Å². The highest BCUT2D eigenvalue weighted by atomic mass is 19.1. The highest BCUT2D eigenvalue weighted by molar-refractivity contribution is 5.52. The van der Waals surface area contributed by atoms with E-state index in [0.29, 0.717) is 5.92 Å². The number of aromatic nitrogens is 3. The van der Waals surface area contributed by atoms with E-state index in [4.69, 9.17) is 10.1 Å². The van der Waals surface area contributed by atoms with E-state index in [2.05, 4.69) is 28.1 Å². The molecule has 1 atom stereocenters. The molecular weight excluding hydrogens is 353 g/mol. The summed E-state index contributed by atoms with van der Waals surface area (Å²) in [6, 6.07) is 11.1. The SMILES string of the molecule is Fc1ccc(CN2CCC[C@H](c3nc4ccc(N5CCCC5)cn4n3)C2)cc1. The Bertz CT molecular complexity index is 945. The van der Waals surface area contributed by atoms with Crippen LogP contribution in [0.4, 0.5) is 10.1 Å². The van der Waals surface area contributed by atoms with Crippen LogP contribution in [0.25, 0.3) is 5.65 Å². The first-order valence-electron chi connectivity index (χ1n) is 10.3. The quantitative estimate of drug-likeness (QED) is 0.690. The minimum atomic E-state index is -0.178. The van der Waals surface area contributed by atoms with E-state index in [1.807, 2.05) is 16.6 Å². The Balaban J connectivity index is 1.31. The maximum atomic E-state index is 13.1. The lowest BCUT2D eigenvalue weighted by molar-refractivity contribution is 0.196. The van der Waals surface area contributed by atoms with Crippen LogP contribution in [0.1, 0.15) is 43.0 Å². The number of benzene rings is 1. The average molecular weight is 379 g/mol. The number of hydrogen-bond acceptors (Lipinski definition) is 4. The molecule has 146 valence electrons. The zero-order valence-electron chi connectivity index (χ0n) is 16.1. The molecule has 1 aromatic carbocycles. The Kier molecular flexibility index (Phi) is 4.72. The van der Waals surface area contributed by atoms with Crippen molar-refractivity contribution in [2.45, 2.75) is 38.1 Å². The lowest BCUT2D eigenvalue weighted by atomic mass is 9.97. The van der Waals surface area contributed by atoms with Crippen LogP contribution in [-0.4, -0.2) is 45.7 Å². The van der Waals surface area contributed by atoms with Crippen LogP contribution in [0.5, 0.6) is 0 Å². The van der Waals surface area contributed by atoms with Gasteiger partial charge in [-0.15, -0.1) is 0 Å². The highest BCUT2D eigenvalue weighted by Crippen LogP contribution is 2.27. The first kappa shape index (κ1) is 17.6. The van der Waals surface area contributed by atoms with Gasteiger partial charge in [0, 0.05) is 32.1 Å². The smallest absolute Gasteiger partial charge is 0.156 e. The van der Waals surface area contributed by atoms with Gasteiger partial charge in [-0.05, 0) is 62.1 Å². The Hall–Kier alpha value is -2.47. The topological polar surface area (TPSA) is 36.7 Å². The minimum Gasteiger partial charge on any atom is -0.370 e. The van der Waals surface area contributed by atoms with Gasteiger partial charge >= 0.3 is 0 Å². The summed E-state index contributed by atoms with van der Waals surface area (Å²) in [4.78, 5) is 9.67. The predicted molar refractivity (Wildman–Crippen MR) is 108 cm³/mol. The summed E-state index contributed by atoms with van der Waals surface area (Å²) in [6.07, 6.45) is 6.92. The summed E-state index contributed by atoms with van der Waals surface area (Å²) < 4.78 is 15.1. The van der Waals surface area contributed by atoms with Gasteiger partial charge in [-0.2, -0.15) is 5.10 Å². The van der Waals surface area contributed by atoms with Crippen molar-refractivity contribution in [2.24, 2.45) is 0 Å². The fourth-order valence-electron chi connectivity index (χ4n) is 4.48. The first-order valence-corrected chi connectivity index (χ1v) is 10.3. The minimum absolute atomic E-state index is 0.178. The van der Waals surface area contributed by atoms with Crippen molar-refractivity contribution in [1.29, 1.82) is 0 Å². The number of fused-ring (bicyclic) bond motifs is 1. The molecule has 28 heavy (non-hydrogen) atoms. The molecular formula is C22H26FN5. The zero-order chi connectivity index (χ0) is 18.9. The molecule has 0 unspecified atom stereocenters. The molecule has 2 saturated heterocycles. The summed E-state index contributed by atoms with van der Waals surface area (Å²) in [5.74, 6) is 1.12. The summed E-state index contributed by atoms with van der Waals surface area (Å²) in [5.41, 5.74) is 3.32. The van der Waals surface area contributed by atoms with Crippen LogP contribution in [0.3, 0.4) is 0 Å². The molecule has 2 aliphatic rings. The molecule has 0 spiro atoms. The maximum absolute atomic E-state index is 13.1. The molecule has 2 aromatic heterocycles. The van der Waals surface area contributed by atoms with E-state index in [1.165, 1.54) is 18.5 Å². The molecule has 2 aliphatic heterocycles. The molecule has 5 nitrogen and oxygen atoms in total. The van der Waals surface area contributed by atoms with Gasteiger partial charge in [-0.3, -0.25) is 4.90 Å². The second-order valence-corrected chi connectivity index (χ2v) is 8.05. The van der Waals surface area contributed by atoms with E-state index in [-0.39, 0.29) is 5.82 Å². The molecule has 6 heteroatoms. The molecule has 0 aliphatic carbocycles. The molecule has 2 fully saturated rings. The van der Waals surface area contributed by atoms with Gasteiger partial charge in [-0.25, -0.2) is 13.9 Å². The van der Waals surface area contributed by atoms with Crippen molar-refractivity contribution in [2.75, 3.05) is 31.1 Å². The third kappa shape index (κ3) is 3.61.